The highest BCUT2D eigenvalue weighted by Gasteiger charge is 2.21. The van der Waals surface area contributed by atoms with Gasteiger partial charge in [-0.15, -0.1) is 0 Å². The van der Waals surface area contributed by atoms with E-state index in [4.69, 9.17) is 22.3 Å². The summed E-state index contributed by atoms with van der Waals surface area (Å²) in [6, 6.07) is 11.9. The van der Waals surface area contributed by atoms with Crippen molar-refractivity contribution in [2.45, 2.75) is 21.3 Å². The van der Waals surface area contributed by atoms with Gasteiger partial charge in [-0.3, -0.25) is 15.6 Å². The number of anilines is 3. The summed E-state index contributed by atoms with van der Waals surface area (Å²) in [5, 5.41) is 18.2. The highest BCUT2D eigenvalue weighted by Crippen LogP contribution is 2.26. The molecule has 0 aliphatic carbocycles. The van der Waals surface area contributed by atoms with E-state index in [1.165, 1.54) is 0 Å². The van der Waals surface area contributed by atoms with Crippen molar-refractivity contribution >= 4 is 34.9 Å². The minimum Gasteiger partial charge on any atom is -0.370 e. The molecular formula is C26H39N9O. The number of carbonyl (C=O) groups excluding carboxylic acids is 1. The quantitative estimate of drug-likeness (QED) is 0.325. The molecule has 0 bridgehead atoms. The Kier molecular flexibility index (Phi) is 8.29. The molecule has 0 spiro atoms. The van der Waals surface area contributed by atoms with Crippen molar-refractivity contribution < 1.29 is 4.79 Å². The molecule has 4 rings (SSSR count). The predicted molar refractivity (Wildman–Crippen MR) is 148 cm³/mol. The molecule has 2 aliphatic rings. The first-order chi connectivity index (χ1) is 16.7. The van der Waals surface area contributed by atoms with Crippen LogP contribution in [0.15, 0.2) is 36.4 Å². The molecule has 2 aromatic carbocycles. The van der Waals surface area contributed by atoms with E-state index < -0.39 is 0 Å². The first-order valence-electron chi connectivity index (χ1n) is 11.9. The van der Waals surface area contributed by atoms with Crippen LogP contribution in [0, 0.1) is 24.7 Å². The predicted octanol–water partition coefficient (Wildman–Crippen LogP) is 2.22. The average molecular weight is 494 g/mol. The first kappa shape index (κ1) is 26.7. The third kappa shape index (κ3) is 5.81. The van der Waals surface area contributed by atoms with E-state index in [2.05, 4.69) is 15.1 Å². The second-order valence-electron chi connectivity index (χ2n) is 9.17. The van der Waals surface area contributed by atoms with Crippen molar-refractivity contribution in [3.63, 3.8) is 0 Å². The van der Waals surface area contributed by atoms with Crippen LogP contribution in [0.3, 0.4) is 0 Å². The average Bonchev–Trinajstić information content (AvgIpc) is 2.84. The van der Waals surface area contributed by atoms with Gasteiger partial charge in [-0.05, 0) is 61.4 Å². The van der Waals surface area contributed by atoms with Crippen LogP contribution in [0.2, 0.25) is 0 Å². The van der Waals surface area contributed by atoms with Crippen molar-refractivity contribution in [2.75, 3.05) is 67.5 Å². The van der Waals surface area contributed by atoms with Crippen LogP contribution in [-0.2, 0) is 0 Å². The second-order valence-corrected chi connectivity index (χ2v) is 9.17. The van der Waals surface area contributed by atoms with Gasteiger partial charge in [0.05, 0.1) is 0 Å². The highest BCUT2D eigenvalue weighted by molar-refractivity contribution is 6.05. The van der Waals surface area contributed by atoms with E-state index in [-0.39, 0.29) is 25.3 Å². The van der Waals surface area contributed by atoms with E-state index in [1.54, 1.807) is 0 Å². The Morgan fingerprint density at radius 1 is 0.778 bits per heavy atom. The maximum atomic E-state index is 13.0. The van der Waals surface area contributed by atoms with Gasteiger partial charge in [-0.25, -0.2) is 0 Å². The molecule has 10 nitrogen and oxygen atoms in total. The molecule has 2 aliphatic heterocycles. The lowest BCUT2D eigenvalue weighted by Gasteiger charge is -2.37. The molecule has 0 atom stereocenters. The number of guanidine groups is 2. The Bertz CT molecular complexity index is 1120. The van der Waals surface area contributed by atoms with Gasteiger partial charge in [0.1, 0.15) is 0 Å². The zero-order chi connectivity index (χ0) is 25.1. The number of nitrogens with two attached hydrogens (primary N) is 2. The molecule has 194 valence electrons. The van der Waals surface area contributed by atoms with Crippen LogP contribution < -0.4 is 26.6 Å². The lowest BCUT2D eigenvalue weighted by atomic mass is 10.1. The summed E-state index contributed by atoms with van der Waals surface area (Å²) in [5.74, 6) is 0.114. The third-order valence-electron chi connectivity index (χ3n) is 6.86. The summed E-state index contributed by atoms with van der Waals surface area (Å²) >= 11 is 0. The largest absolute Gasteiger partial charge is 0.370 e. The van der Waals surface area contributed by atoms with Crippen LogP contribution in [0.1, 0.15) is 28.9 Å². The van der Waals surface area contributed by atoms with E-state index in [9.17, 15) is 4.79 Å². The Hall–Kier alpha value is -3.95. The molecule has 2 aromatic rings. The fourth-order valence-corrected chi connectivity index (χ4v) is 4.78. The van der Waals surface area contributed by atoms with E-state index in [0.717, 1.165) is 80.5 Å². The third-order valence-corrected chi connectivity index (χ3v) is 6.86. The summed E-state index contributed by atoms with van der Waals surface area (Å²) < 4.78 is 0. The molecular weight excluding hydrogens is 454 g/mol. The van der Waals surface area contributed by atoms with Crippen LogP contribution >= 0.6 is 0 Å². The molecule has 2 fully saturated rings. The standard InChI is InChI=1S/C25H35N9O.CH4/c1-17-16-20(31-7-11-33(12-8-31)24(26)27)4-5-21(17)23(35)30-19-3-6-22(18(2)15-19)32-9-13-34(14-10-32)25(28)29;/h3-6,15-16H,7-14H2,1-2H3,(H3,26,27)(H3,28,29)(H,30,35);1H4. The fraction of sp³-hybridized carbons (Fsp3) is 0.423. The van der Waals surface area contributed by atoms with Crippen molar-refractivity contribution in [3.8, 4) is 0 Å². The van der Waals surface area contributed by atoms with Crippen LogP contribution in [0.4, 0.5) is 17.1 Å². The number of hydrogen-bond acceptors (Lipinski definition) is 5. The van der Waals surface area contributed by atoms with Crippen molar-refractivity contribution in [1.29, 1.82) is 10.8 Å². The highest BCUT2D eigenvalue weighted by atomic mass is 16.1. The van der Waals surface area contributed by atoms with Gasteiger partial charge >= 0.3 is 0 Å². The number of benzene rings is 2. The van der Waals surface area contributed by atoms with Gasteiger partial charge in [0, 0.05) is 75.0 Å². The Balaban J connectivity index is 0.00000361. The van der Waals surface area contributed by atoms with Crippen molar-refractivity contribution in [2.24, 2.45) is 11.5 Å². The minimum atomic E-state index is -0.127. The second kappa shape index (κ2) is 11.2. The van der Waals surface area contributed by atoms with Crippen LogP contribution in [0.5, 0.6) is 0 Å². The Labute approximate surface area is 213 Å². The number of piperazine rings is 2. The molecule has 0 aromatic heterocycles. The van der Waals surface area contributed by atoms with Gasteiger partial charge in [-0.1, -0.05) is 7.43 Å². The molecule has 0 saturated carbocycles. The normalized spacial score (nSPS) is 15.8. The SMILES string of the molecule is C.Cc1cc(N2CCN(C(=N)N)CC2)ccc1C(=O)Nc1ccc(N2CCN(C(=N)N)CC2)c(C)c1. The first-order valence-corrected chi connectivity index (χ1v) is 11.9. The molecule has 0 unspecified atom stereocenters. The maximum absolute atomic E-state index is 13.0. The number of hydrogen-bond donors (Lipinski definition) is 5. The molecule has 2 saturated heterocycles. The van der Waals surface area contributed by atoms with Gasteiger partial charge in [0.2, 0.25) is 0 Å². The monoisotopic (exact) mass is 493 g/mol. The number of amides is 1. The molecule has 0 radical (unpaired) electrons. The molecule has 2 heterocycles. The number of nitrogens with one attached hydrogen (secondary N) is 3. The summed E-state index contributed by atoms with van der Waals surface area (Å²) in [5.41, 5.74) is 16.8. The van der Waals surface area contributed by atoms with Crippen LogP contribution in [0.25, 0.3) is 0 Å². The summed E-state index contributed by atoms with van der Waals surface area (Å²) in [4.78, 5) is 21.3. The van der Waals surface area contributed by atoms with Gasteiger partial charge in [0.15, 0.2) is 11.9 Å². The minimum absolute atomic E-state index is 0. The van der Waals surface area contributed by atoms with Crippen molar-refractivity contribution in [3.05, 3.63) is 53.1 Å². The lowest BCUT2D eigenvalue weighted by Crippen LogP contribution is -2.51. The number of rotatable bonds is 4. The smallest absolute Gasteiger partial charge is 0.255 e. The van der Waals surface area contributed by atoms with E-state index >= 15 is 0 Å². The van der Waals surface area contributed by atoms with E-state index in [0.29, 0.717) is 5.56 Å². The lowest BCUT2D eigenvalue weighted by molar-refractivity contribution is 0.102. The molecule has 10 heteroatoms. The molecule has 36 heavy (non-hydrogen) atoms. The Morgan fingerprint density at radius 3 is 1.83 bits per heavy atom. The summed E-state index contributed by atoms with van der Waals surface area (Å²) in [6.45, 7) is 10.1. The summed E-state index contributed by atoms with van der Waals surface area (Å²) in [6.07, 6.45) is 0. The fourth-order valence-electron chi connectivity index (χ4n) is 4.78. The van der Waals surface area contributed by atoms with Gasteiger partial charge in [0.25, 0.3) is 5.91 Å². The van der Waals surface area contributed by atoms with Gasteiger partial charge in [-0.2, -0.15) is 0 Å². The maximum Gasteiger partial charge on any atom is 0.255 e. The Morgan fingerprint density at radius 2 is 1.33 bits per heavy atom. The molecule has 7 N–H and O–H groups in total. The summed E-state index contributed by atoms with van der Waals surface area (Å²) in [7, 11) is 0. The zero-order valence-electron chi connectivity index (χ0n) is 20.5. The van der Waals surface area contributed by atoms with Crippen molar-refractivity contribution in [1.82, 2.24) is 9.80 Å². The number of nitrogens with zero attached hydrogens (tertiary/aromatic N) is 4. The molecule has 1 amide bonds. The zero-order valence-corrected chi connectivity index (χ0v) is 20.5. The number of carbonyl (C=O) groups is 1. The van der Waals surface area contributed by atoms with Crippen LogP contribution in [-0.4, -0.2) is 80.0 Å². The van der Waals surface area contributed by atoms with Gasteiger partial charge < -0.3 is 36.4 Å². The van der Waals surface area contributed by atoms with E-state index in [1.807, 2.05) is 60.0 Å². The number of aryl methyl sites for hydroxylation is 2. The topological polar surface area (TPSA) is 142 Å².